The van der Waals surface area contributed by atoms with Gasteiger partial charge in [0.2, 0.25) is 5.91 Å². The first-order valence-electron chi connectivity index (χ1n) is 4.77. The average molecular weight is 202 g/mol. The molecule has 13 heavy (non-hydrogen) atoms. The van der Waals surface area contributed by atoms with Gasteiger partial charge in [-0.2, -0.15) is 11.8 Å². The summed E-state index contributed by atoms with van der Waals surface area (Å²) in [6.07, 6.45) is 0.707. The largest absolute Gasteiger partial charge is 0.338 e. The fraction of sp³-hybridized carbons (Fsp3) is 0.889. The lowest BCUT2D eigenvalue weighted by atomic mass is 10.2. The van der Waals surface area contributed by atoms with Crippen LogP contribution in [0, 0.1) is 0 Å². The fourth-order valence-corrected chi connectivity index (χ4v) is 2.41. The van der Waals surface area contributed by atoms with E-state index in [9.17, 15) is 4.79 Å². The summed E-state index contributed by atoms with van der Waals surface area (Å²) in [5, 5.41) is 3.11. The molecule has 0 aromatic heterocycles. The second-order valence-electron chi connectivity index (χ2n) is 3.36. The molecule has 0 radical (unpaired) electrons. The molecule has 0 bridgehead atoms. The molecule has 1 unspecified atom stereocenters. The van der Waals surface area contributed by atoms with Gasteiger partial charge in [-0.15, -0.1) is 0 Å². The molecular weight excluding hydrogens is 184 g/mol. The predicted molar refractivity (Wildman–Crippen MR) is 57.0 cm³/mol. The van der Waals surface area contributed by atoms with Crippen molar-refractivity contribution in [2.45, 2.75) is 19.4 Å². The minimum atomic E-state index is 0.313. The Hall–Kier alpha value is -0.220. The summed E-state index contributed by atoms with van der Waals surface area (Å²) < 4.78 is 0. The molecule has 1 saturated heterocycles. The van der Waals surface area contributed by atoms with Gasteiger partial charge in [0.25, 0.3) is 0 Å². The molecule has 1 atom stereocenters. The van der Waals surface area contributed by atoms with Gasteiger partial charge in [0.05, 0.1) is 0 Å². The maximum absolute atomic E-state index is 11.6. The van der Waals surface area contributed by atoms with E-state index >= 15 is 0 Å². The molecule has 1 amide bonds. The summed E-state index contributed by atoms with van der Waals surface area (Å²) >= 11 is 1.88. The summed E-state index contributed by atoms with van der Waals surface area (Å²) in [4.78, 5) is 13.6. The summed E-state index contributed by atoms with van der Waals surface area (Å²) in [6, 6.07) is 0.330. The first-order chi connectivity index (χ1) is 6.25. The lowest BCUT2D eigenvalue weighted by Gasteiger charge is -2.27. The Morgan fingerprint density at radius 1 is 1.62 bits per heavy atom. The molecule has 1 heterocycles. The van der Waals surface area contributed by atoms with Crippen molar-refractivity contribution in [1.29, 1.82) is 0 Å². The highest BCUT2D eigenvalue weighted by molar-refractivity contribution is 7.99. The number of amides is 1. The molecule has 3 nitrogen and oxygen atoms in total. The quantitative estimate of drug-likeness (QED) is 0.726. The number of carbonyl (C=O) groups is 1. The minimum absolute atomic E-state index is 0.313. The van der Waals surface area contributed by atoms with Gasteiger partial charge in [-0.1, -0.05) is 0 Å². The molecule has 1 aliphatic heterocycles. The number of hydrogen-bond donors (Lipinski definition) is 1. The number of thioether (sulfide) groups is 1. The van der Waals surface area contributed by atoms with Crippen molar-refractivity contribution in [2.75, 3.05) is 31.6 Å². The van der Waals surface area contributed by atoms with Gasteiger partial charge in [0.15, 0.2) is 0 Å². The Morgan fingerprint density at radius 3 is 3.08 bits per heavy atom. The number of rotatable bonds is 3. The van der Waals surface area contributed by atoms with Crippen LogP contribution in [-0.4, -0.2) is 48.5 Å². The van der Waals surface area contributed by atoms with Gasteiger partial charge in [-0.25, -0.2) is 0 Å². The maximum Gasteiger partial charge on any atom is 0.223 e. The molecule has 1 N–H and O–H groups in total. The van der Waals surface area contributed by atoms with Crippen LogP contribution in [0.25, 0.3) is 0 Å². The summed E-state index contributed by atoms with van der Waals surface area (Å²) in [7, 11) is 1.92. The standard InChI is InChI=1S/C9H18N2OS/c1-8(7-10-2)11-4-6-13-5-3-9(11)12/h8,10H,3-7H2,1-2H3. The second kappa shape index (κ2) is 5.50. The topological polar surface area (TPSA) is 32.3 Å². The highest BCUT2D eigenvalue weighted by atomic mass is 32.2. The third-order valence-corrected chi connectivity index (χ3v) is 3.25. The Balaban J connectivity index is 2.48. The van der Waals surface area contributed by atoms with Crippen LogP contribution < -0.4 is 5.32 Å². The van der Waals surface area contributed by atoms with Crippen molar-refractivity contribution in [1.82, 2.24) is 10.2 Å². The smallest absolute Gasteiger partial charge is 0.223 e. The molecule has 1 fully saturated rings. The van der Waals surface area contributed by atoms with Gasteiger partial charge >= 0.3 is 0 Å². The van der Waals surface area contributed by atoms with E-state index < -0.39 is 0 Å². The van der Waals surface area contributed by atoms with E-state index in [4.69, 9.17) is 0 Å². The van der Waals surface area contributed by atoms with Crippen LogP contribution in [0.15, 0.2) is 0 Å². The highest BCUT2D eigenvalue weighted by Gasteiger charge is 2.20. The molecule has 0 aromatic carbocycles. The van der Waals surface area contributed by atoms with Crippen molar-refractivity contribution >= 4 is 17.7 Å². The average Bonchev–Trinajstić information content (AvgIpc) is 2.30. The second-order valence-corrected chi connectivity index (χ2v) is 4.58. The summed E-state index contributed by atoms with van der Waals surface area (Å²) in [6.45, 7) is 3.90. The first-order valence-corrected chi connectivity index (χ1v) is 5.93. The monoisotopic (exact) mass is 202 g/mol. The Labute approximate surface area is 84.2 Å². The van der Waals surface area contributed by atoms with E-state index in [1.54, 1.807) is 0 Å². The SMILES string of the molecule is CNCC(C)N1CCSCCC1=O. The summed E-state index contributed by atoms with van der Waals surface area (Å²) in [5.41, 5.74) is 0. The maximum atomic E-state index is 11.6. The molecule has 0 saturated carbocycles. The van der Waals surface area contributed by atoms with Crippen LogP contribution in [-0.2, 0) is 4.79 Å². The number of hydrogen-bond acceptors (Lipinski definition) is 3. The van der Waals surface area contributed by atoms with Crippen molar-refractivity contribution < 1.29 is 4.79 Å². The molecule has 4 heteroatoms. The Kier molecular flexibility index (Phi) is 4.59. The van der Waals surface area contributed by atoms with Crippen LogP contribution in [0.5, 0.6) is 0 Å². The van der Waals surface area contributed by atoms with Crippen LogP contribution in [0.1, 0.15) is 13.3 Å². The van der Waals surface area contributed by atoms with E-state index in [1.807, 2.05) is 23.7 Å². The predicted octanol–water partition coefficient (Wildman–Crippen LogP) is 0.560. The van der Waals surface area contributed by atoms with Crippen LogP contribution in [0.2, 0.25) is 0 Å². The van der Waals surface area contributed by atoms with E-state index in [0.717, 1.165) is 24.6 Å². The van der Waals surface area contributed by atoms with Crippen molar-refractivity contribution in [3.63, 3.8) is 0 Å². The molecule has 76 valence electrons. The normalized spacial score (nSPS) is 21.4. The van der Waals surface area contributed by atoms with Crippen LogP contribution in [0.3, 0.4) is 0 Å². The van der Waals surface area contributed by atoms with Gasteiger partial charge in [-0.3, -0.25) is 4.79 Å². The number of likely N-dealkylation sites (N-methyl/N-ethyl adjacent to an activating group) is 1. The molecule has 0 spiro atoms. The summed E-state index contributed by atoms with van der Waals surface area (Å²) in [5.74, 6) is 2.38. The van der Waals surface area contributed by atoms with Crippen molar-refractivity contribution in [3.05, 3.63) is 0 Å². The zero-order valence-corrected chi connectivity index (χ0v) is 9.19. The minimum Gasteiger partial charge on any atom is -0.338 e. The van der Waals surface area contributed by atoms with Crippen LogP contribution >= 0.6 is 11.8 Å². The third kappa shape index (κ3) is 3.19. The van der Waals surface area contributed by atoms with Crippen molar-refractivity contribution in [3.8, 4) is 0 Å². The van der Waals surface area contributed by atoms with E-state index in [2.05, 4.69) is 12.2 Å². The number of carbonyl (C=O) groups excluding carboxylic acids is 1. The van der Waals surface area contributed by atoms with E-state index in [-0.39, 0.29) is 0 Å². The first kappa shape index (κ1) is 10.9. The number of nitrogens with one attached hydrogen (secondary N) is 1. The van der Waals surface area contributed by atoms with Crippen molar-refractivity contribution in [2.24, 2.45) is 0 Å². The van der Waals surface area contributed by atoms with Gasteiger partial charge < -0.3 is 10.2 Å². The third-order valence-electron chi connectivity index (χ3n) is 2.29. The molecule has 1 aliphatic rings. The fourth-order valence-electron chi connectivity index (χ4n) is 1.56. The lowest BCUT2D eigenvalue weighted by molar-refractivity contribution is -0.132. The molecule has 1 rings (SSSR count). The van der Waals surface area contributed by atoms with E-state index in [1.165, 1.54) is 0 Å². The van der Waals surface area contributed by atoms with Gasteiger partial charge in [0.1, 0.15) is 0 Å². The van der Waals surface area contributed by atoms with Crippen LogP contribution in [0.4, 0.5) is 0 Å². The van der Waals surface area contributed by atoms with E-state index in [0.29, 0.717) is 18.4 Å². The Bertz CT molecular complexity index is 175. The molecule has 0 aromatic rings. The van der Waals surface area contributed by atoms with Gasteiger partial charge in [-0.05, 0) is 14.0 Å². The molecular formula is C9H18N2OS. The lowest BCUT2D eigenvalue weighted by Crippen LogP contribution is -2.43. The zero-order valence-electron chi connectivity index (χ0n) is 8.38. The highest BCUT2D eigenvalue weighted by Crippen LogP contribution is 2.13. The molecule has 0 aliphatic carbocycles. The zero-order chi connectivity index (χ0) is 9.68. The Morgan fingerprint density at radius 2 is 2.38 bits per heavy atom. The number of nitrogens with zero attached hydrogens (tertiary/aromatic N) is 1. The van der Waals surface area contributed by atoms with Gasteiger partial charge in [0, 0.05) is 37.1 Å².